The third kappa shape index (κ3) is 1.82. The fraction of sp³-hybridized carbons (Fsp3) is 0. The van der Waals surface area contributed by atoms with E-state index in [1.54, 1.807) is 12.1 Å². The molecule has 15 heavy (non-hydrogen) atoms. The Morgan fingerprint density at radius 1 is 1.53 bits per heavy atom. The molecule has 76 valence electrons. The SMILES string of the molecule is O=C(O)c1cncn1-c1ccnc(Cl)c1. The van der Waals surface area contributed by atoms with Crippen molar-refractivity contribution in [2.24, 2.45) is 0 Å². The van der Waals surface area contributed by atoms with Crippen LogP contribution in [0.4, 0.5) is 0 Å². The molecule has 2 aromatic rings. The van der Waals surface area contributed by atoms with Crippen LogP contribution in [-0.4, -0.2) is 25.6 Å². The van der Waals surface area contributed by atoms with Gasteiger partial charge in [-0.05, 0) is 12.1 Å². The average Bonchev–Trinajstić information content (AvgIpc) is 2.65. The molecule has 0 atom stereocenters. The highest BCUT2D eigenvalue weighted by molar-refractivity contribution is 6.29. The molecule has 2 rings (SSSR count). The Hall–Kier alpha value is -1.88. The predicted octanol–water partition coefficient (Wildman–Crippen LogP) is 1.62. The van der Waals surface area contributed by atoms with E-state index in [0.717, 1.165) is 0 Å². The molecule has 0 unspecified atom stereocenters. The maximum Gasteiger partial charge on any atom is 0.354 e. The minimum Gasteiger partial charge on any atom is -0.477 e. The van der Waals surface area contributed by atoms with Crippen molar-refractivity contribution < 1.29 is 9.90 Å². The zero-order valence-corrected chi connectivity index (χ0v) is 8.22. The number of carbonyl (C=O) groups is 1. The fourth-order valence-corrected chi connectivity index (χ4v) is 1.37. The van der Waals surface area contributed by atoms with Gasteiger partial charge >= 0.3 is 5.97 Å². The van der Waals surface area contributed by atoms with Crippen LogP contribution >= 0.6 is 11.6 Å². The van der Waals surface area contributed by atoms with Gasteiger partial charge in [0.1, 0.15) is 5.15 Å². The van der Waals surface area contributed by atoms with Crippen molar-refractivity contribution in [3.63, 3.8) is 0 Å². The van der Waals surface area contributed by atoms with Gasteiger partial charge in [0.15, 0.2) is 5.69 Å². The van der Waals surface area contributed by atoms with Gasteiger partial charge in [-0.15, -0.1) is 0 Å². The van der Waals surface area contributed by atoms with E-state index >= 15 is 0 Å². The van der Waals surface area contributed by atoms with Gasteiger partial charge in [0.05, 0.1) is 18.2 Å². The lowest BCUT2D eigenvalue weighted by molar-refractivity contribution is 0.0688. The first kappa shape index (κ1) is 9.67. The fourth-order valence-electron chi connectivity index (χ4n) is 1.20. The molecule has 2 heterocycles. The van der Waals surface area contributed by atoms with Gasteiger partial charge in [0.25, 0.3) is 0 Å². The molecule has 0 fully saturated rings. The van der Waals surface area contributed by atoms with Crippen molar-refractivity contribution in [3.05, 3.63) is 41.7 Å². The lowest BCUT2D eigenvalue weighted by Gasteiger charge is -2.04. The summed E-state index contributed by atoms with van der Waals surface area (Å²) in [6, 6.07) is 3.22. The number of carboxylic acids is 1. The minimum atomic E-state index is -1.04. The Labute approximate surface area is 90.0 Å². The molecule has 0 aliphatic carbocycles. The van der Waals surface area contributed by atoms with Crippen molar-refractivity contribution in [3.8, 4) is 5.69 Å². The molecule has 0 bridgehead atoms. The van der Waals surface area contributed by atoms with Crippen LogP contribution in [0.5, 0.6) is 0 Å². The smallest absolute Gasteiger partial charge is 0.354 e. The molecule has 0 spiro atoms. The van der Waals surface area contributed by atoms with E-state index in [4.69, 9.17) is 16.7 Å². The Morgan fingerprint density at radius 2 is 2.33 bits per heavy atom. The second-order valence-corrected chi connectivity index (χ2v) is 3.18. The number of aromatic carboxylic acids is 1. The summed E-state index contributed by atoms with van der Waals surface area (Å²) in [5.74, 6) is -1.04. The molecule has 0 saturated heterocycles. The van der Waals surface area contributed by atoms with Gasteiger partial charge in [-0.25, -0.2) is 14.8 Å². The zero-order valence-electron chi connectivity index (χ0n) is 7.46. The lowest BCUT2D eigenvalue weighted by atomic mass is 10.3. The van der Waals surface area contributed by atoms with Crippen LogP contribution in [0.2, 0.25) is 5.15 Å². The Morgan fingerprint density at radius 3 is 3.00 bits per heavy atom. The number of halogens is 1. The van der Waals surface area contributed by atoms with Crippen LogP contribution < -0.4 is 0 Å². The van der Waals surface area contributed by atoms with Crippen LogP contribution in [0, 0.1) is 0 Å². The number of aromatic nitrogens is 3. The van der Waals surface area contributed by atoms with E-state index in [0.29, 0.717) is 10.8 Å². The summed E-state index contributed by atoms with van der Waals surface area (Å²) in [6.07, 6.45) is 4.19. The topological polar surface area (TPSA) is 68.0 Å². The van der Waals surface area contributed by atoms with E-state index < -0.39 is 5.97 Å². The van der Waals surface area contributed by atoms with Gasteiger partial charge in [0.2, 0.25) is 0 Å². The number of pyridine rings is 1. The molecule has 6 heteroatoms. The summed E-state index contributed by atoms with van der Waals surface area (Å²) >= 11 is 5.70. The summed E-state index contributed by atoms with van der Waals surface area (Å²) in [5, 5.41) is 9.18. The zero-order chi connectivity index (χ0) is 10.8. The first-order valence-electron chi connectivity index (χ1n) is 4.06. The summed E-state index contributed by atoms with van der Waals surface area (Å²) in [5.41, 5.74) is 0.696. The number of hydrogen-bond acceptors (Lipinski definition) is 3. The van der Waals surface area contributed by atoms with Crippen molar-refractivity contribution in [1.82, 2.24) is 14.5 Å². The highest BCUT2D eigenvalue weighted by Gasteiger charge is 2.11. The van der Waals surface area contributed by atoms with Crippen LogP contribution in [0.1, 0.15) is 10.5 Å². The van der Waals surface area contributed by atoms with Gasteiger partial charge in [-0.1, -0.05) is 11.6 Å². The molecule has 0 amide bonds. The van der Waals surface area contributed by atoms with Crippen molar-refractivity contribution in [2.75, 3.05) is 0 Å². The number of imidazole rings is 1. The number of rotatable bonds is 2. The average molecular weight is 224 g/mol. The van der Waals surface area contributed by atoms with E-state index in [-0.39, 0.29) is 5.69 Å². The van der Waals surface area contributed by atoms with E-state index in [2.05, 4.69) is 9.97 Å². The first-order chi connectivity index (χ1) is 7.18. The van der Waals surface area contributed by atoms with E-state index in [1.807, 2.05) is 0 Å². The van der Waals surface area contributed by atoms with Gasteiger partial charge in [0, 0.05) is 6.20 Å². The van der Waals surface area contributed by atoms with Crippen LogP contribution in [0.3, 0.4) is 0 Å². The van der Waals surface area contributed by atoms with Crippen molar-refractivity contribution >= 4 is 17.6 Å². The Balaban J connectivity index is 2.54. The molecule has 0 aromatic carbocycles. The van der Waals surface area contributed by atoms with Crippen molar-refractivity contribution in [2.45, 2.75) is 0 Å². The highest BCUT2D eigenvalue weighted by Crippen LogP contribution is 2.14. The molecule has 0 radical (unpaired) electrons. The second kappa shape index (κ2) is 3.70. The quantitative estimate of drug-likeness (QED) is 0.786. The summed E-state index contributed by atoms with van der Waals surface area (Å²) < 4.78 is 1.43. The van der Waals surface area contributed by atoms with Gasteiger partial charge in [-0.2, -0.15) is 0 Å². The lowest BCUT2D eigenvalue weighted by Crippen LogP contribution is -2.05. The molecule has 1 N–H and O–H groups in total. The maximum absolute atomic E-state index is 10.8. The summed E-state index contributed by atoms with van der Waals surface area (Å²) in [4.78, 5) is 18.4. The third-order valence-corrected chi connectivity index (χ3v) is 2.05. The largest absolute Gasteiger partial charge is 0.477 e. The molecule has 5 nitrogen and oxygen atoms in total. The highest BCUT2D eigenvalue weighted by atomic mass is 35.5. The second-order valence-electron chi connectivity index (χ2n) is 2.79. The number of hydrogen-bond donors (Lipinski definition) is 1. The predicted molar refractivity (Wildman–Crippen MR) is 53.3 cm³/mol. The molecule has 0 saturated carbocycles. The third-order valence-electron chi connectivity index (χ3n) is 1.85. The maximum atomic E-state index is 10.8. The molecular weight excluding hydrogens is 218 g/mol. The molecular formula is C9H6ClN3O2. The molecule has 0 aliphatic rings. The number of nitrogens with zero attached hydrogens (tertiary/aromatic N) is 3. The number of carboxylic acid groups (broad SMARTS) is 1. The Bertz CT molecular complexity index is 510. The Kier molecular flexibility index (Phi) is 2.39. The van der Waals surface area contributed by atoms with Gasteiger partial charge in [-0.3, -0.25) is 4.57 Å². The van der Waals surface area contributed by atoms with Gasteiger partial charge < -0.3 is 5.11 Å². The van der Waals surface area contributed by atoms with Crippen LogP contribution in [0.15, 0.2) is 30.9 Å². The van der Waals surface area contributed by atoms with Crippen LogP contribution in [0.25, 0.3) is 5.69 Å². The van der Waals surface area contributed by atoms with Crippen LogP contribution in [-0.2, 0) is 0 Å². The summed E-state index contributed by atoms with van der Waals surface area (Å²) in [7, 11) is 0. The summed E-state index contributed by atoms with van der Waals surface area (Å²) in [6.45, 7) is 0. The molecule has 2 aromatic heterocycles. The first-order valence-corrected chi connectivity index (χ1v) is 4.44. The standard InChI is InChI=1S/C9H6ClN3O2/c10-8-3-6(1-2-12-8)13-5-11-4-7(13)9(14)15/h1-5H,(H,14,15). The van der Waals surface area contributed by atoms with E-state index in [1.165, 1.54) is 23.3 Å². The van der Waals surface area contributed by atoms with Crippen molar-refractivity contribution in [1.29, 1.82) is 0 Å². The normalized spacial score (nSPS) is 10.2. The monoisotopic (exact) mass is 223 g/mol. The molecule has 0 aliphatic heterocycles. The van der Waals surface area contributed by atoms with E-state index in [9.17, 15) is 4.79 Å². The minimum absolute atomic E-state index is 0.0808.